The van der Waals surface area contributed by atoms with Gasteiger partial charge in [0.15, 0.2) is 0 Å². The minimum atomic E-state index is -1.27. The highest BCUT2D eigenvalue weighted by Gasteiger charge is 2.20. The number of hydrogen-bond acceptors (Lipinski definition) is 5. The second-order valence-electron chi connectivity index (χ2n) is 4.01. The molecular formula is C11H15N3O5S. The zero-order valence-electron chi connectivity index (χ0n) is 10.8. The molecule has 0 fully saturated rings. The molecule has 1 aromatic rings. The zero-order valence-corrected chi connectivity index (χ0v) is 11.6. The highest BCUT2D eigenvalue weighted by molar-refractivity contribution is 7.11. The second-order valence-corrected chi connectivity index (χ2v) is 5.33. The van der Waals surface area contributed by atoms with Crippen LogP contribution >= 0.6 is 11.3 Å². The van der Waals surface area contributed by atoms with Crippen molar-refractivity contribution < 1.29 is 24.6 Å². The van der Waals surface area contributed by atoms with Gasteiger partial charge in [-0.2, -0.15) is 0 Å². The fraction of sp³-hybridized carbons (Fsp3) is 0.455. The molecule has 1 atom stereocenters. The number of amides is 2. The van der Waals surface area contributed by atoms with Gasteiger partial charge in [0.25, 0.3) is 0 Å². The van der Waals surface area contributed by atoms with E-state index in [1.165, 1.54) is 11.3 Å². The number of hydrogen-bond donors (Lipinski definition) is 4. The topological polar surface area (TPSA) is 129 Å². The van der Waals surface area contributed by atoms with Crippen molar-refractivity contribution in [1.82, 2.24) is 15.6 Å². The summed E-state index contributed by atoms with van der Waals surface area (Å²) in [6, 6.07) is -1.90. The van der Waals surface area contributed by atoms with Crippen molar-refractivity contribution in [3.8, 4) is 0 Å². The van der Waals surface area contributed by atoms with Gasteiger partial charge in [0.1, 0.15) is 11.0 Å². The number of aryl methyl sites for hydroxylation is 1. The molecule has 0 radical (unpaired) electrons. The largest absolute Gasteiger partial charge is 0.481 e. The molecule has 0 aliphatic carbocycles. The number of aromatic nitrogens is 1. The third kappa shape index (κ3) is 5.65. The lowest BCUT2D eigenvalue weighted by molar-refractivity contribution is -0.140. The lowest BCUT2D eigenvalue weighted by atomic mass is 10.1. The minimum Gasteiger partial charge on any atom is -0.481 e. The van der Waals surface area contributed by atoms with Crippen LogP contribution in [-0.4, -0.2) is 39.2 Å². The first-order valence-electron chi connectivity index (χ1n) is 5.78. The van der Waals surface area contributed by atoms with Crippen LogP contribution in [-0.2, 0) is 16.1 Å². The van der Waals surface area contributed by atoms with Crippen LogP contribution in [0.3, 0.4) is 0 Å². The Morgan fingerprint density at radius 2 is 2.10 bits per heavy atom. The molecule has 0 aliphatic rings. The summed E-state index contributed by atoms with van der Waals surface area (Å²) in [7, 11) is 0. The summed E-state index contributed by atoms with van der Waals surface area (Å²) in [6.45, 7) is 2.07. The molecular weight excluding hydrogens is 286 g/mol. The molecule has 9 heteroatoms. The lowest BCUT2D eigenvalue weighted by Crippen LogP contribution is -2.45. The predicted molar refractivity (Wildman–Crippen MR) is 70.5 cm³/mol. The fourth-order valence-corrected chi connectivity index (χ4v) is 2.10. The van der Waals surface area contributed by atoms with Gasteiger partial charge in [-0.15, -0.1) is 11.3 Å². The normalized spacial score (nSPS) is 11.7. The van der Waals surface area contributed by atoms with Gasteiger partial charge in [0, 0.05) is 17.5 Å². The van der Waals surface area contributed by atoms with Crippen LogP contribution in [0, 0.1) is 6.92 Å². The van der Waals surface area contributed by atoms with E-state index in [4.69, 9.17) is 10.2 Å². The number of nitrogens with zero attached hydrogens (tertiary/aromatic N) is 1. The van der Waals surface area contributed by atoms with Crippen LogP contribution in [0.1, 0.15) is 22.7 Å². The molecule has 2 amide bonds. The van der Waals surface area contributed by atoms with Crippen molar-refractivity contribution in [2.45, 2.75) is 32.4 Å². The Morgan fingerprint density at radius 1 is 1.40 bits per heavy atom. The van der Waals surface area contributed by atoms with E-state index in [0.717, 1.165) is 4.88 Å². The van der Waals surface area contributed by atoms with Crippen LogP contribution in [0.2, 0.25) is 0 Å². The standard InChI is InChI=1S/C11H15N3O5S/c1-6-4-12-8(20-6)5-13-11(19)14-7(10(17)18)2-3-9(15)16/h4,7H,2-3,5H2,1H3,(H,15,16)(H,17,18)(H2,13,14,19). The summed E-state index contributed by atoms with van der Waals surface area (Å²) in [5, 5.41) is 22.8. The van der Waals surface area contributed by atoms with Crippen molar-refractivity contribution in [2.75, 3.05) is 0 Å². The first-order valence-corrected chi connectivity index (χ1v) is 6.60. The third-order valence-corrected chi connectivity index (χ3v) is 3.23. The van der Waals surface area contributed by atoms with Gasteiger partial charge in [-0.25, -0.2) is 14.6 Å². The number of rotatable bonds is 7. The molecule has 1 heterocycles. The number of urea groups is 1. The Morgan fingerprint density at radius 3 is 2.60 bits per heavy atom. The average molecular weight is 301 g/mol. The molecule has 0 saturated heterocycles. The van der Waals surface area contributed by atoms with Gasteiger partial charge in [-0.1, -0.05) is 0 Å². The lowest BCUT2D eigenvalue weighted by Gasteiger charge is -2.13. The smallest absolute Gasteiger partial charge is 0.326 e. The third-order valence-electron chi connectivity index (χ3n) is 2.32. The van der Waals surface area contributed by atoms with Crippen LogP contribution in [0.4, 0.5) is 4.79 Å². The van der Waals surface area contributed by atoms with Crippen molar-refractivity contribution >= 4 is 29.3 Å². The van der Waals surface area contributed by atoms with Crippen LogP contribution < -0.4 is 10.6 Å². The van der Waals surface area contributed by atoms with Crippen molar-refractivity contribution in [3.05, 3.63) is 16.1 Å². The summed E-state index contributed by atoms with van der Waals surface area (Å²) in [5.74, 6) is -2.39. The van der Waals surface area contributed by atoms with Gasteiger partial charge in [0.2, 0.25) is 0 Å². The van der Waals surface area contributed by atoms with E-state index in [9.17, 15) is 14.4 Å². The molecule has 0 saturated carbocycles. The predicted octanol–water partition coefficient (Wildman–Crippen LogP) is 0.569. The van der Waals surface area contributed by atoms with Crippen molar-refractivity contribution in [1.29, 1.82) is 0 Å². The van der Waals surface area contributed by atoms with Gasteiger partial charge in [-0.05, 0) is 13.3 Å². The monoisotopic (exact) mass is 301 g/mol. The average Bonchev–Trinajstić information content (AvgIpc) is 2.77. The molecule has 0 bridgehead atoms. The van der Waals surface area contributed by atoms with E-state index < -0.39 is 24.0 Å². The Labute approximate surface area is 118 Å². The zero-order chi connectivity index (χ0) is 15.1. The Hall–Kier alpha value is -2.16. The van der Waals surface area contributed by atoms with E-state index in [1.807, 2.05) is 6.92 Å². The number of aliphatic carboxylic acids is 2. The Bertz CT molecular complexity index is 502. The fourth-order valence-electron chi connectivity index (χ4n) is 1.37. The summed E-state index contributed by atoms with van der Waals surface area (Å²) in [6.07, 6.45) is 1.17. The molecule has 0 aromatic carbocycles. The number of carboxylic acids is 2. The molecule has 8 nitrogen and oxygen atoms in total. The summed E-state index contributed by atoms with van der Waals surface area (Å²) in [5.41, 5.74) is 0. The molecule has 4 N–H and O–H groups in total. The number of carbonyl (C=O) groups is 3. The van der Waals surface area contributed by atoms with E-state index in [-0.39, 0.29) is 19.4 Å². The van der Waals surface area contributed by atoms with E-state index in [0.29, 0.717) is 5.01 Å². The first-order chi connectivity index (χ1) is 9.38. The molecule has 1 rings (SSSR count). The highest BCUT2D eigenvalue weighted by Crippen LogP contribution is 2.10. The molecule has 1 aromatic heterocycles. The van der Waals surface area contributed by atoms with Gasteiger partial charge < -0.3 is 20.8 Å². The molecule has 0 spiro atoms. The number of thiazole rings is 1. The molecule has 0 aliphatic heterocycles. The minimum absolute atomic E-state index is 0.172. The maximum absolute atomic E-state index is 11.5. The summed E-state index contributed by atoms with van der Waals surface area (Å²) in [4.78, 5) is 37.9. The van der Waals surface area contributed by atoms with Crippen LogP contribution in [0.15, 0.2) is 6.20 Å². The Kier molecular flexibility index (Phi) is 5.91. The van der Waals surface area contributed by atoms with E-state index in [1.54, 1.807) is 6.20 Å². The molecule has 1 unspecified atom stereocenters. The van der Waals surface area contributed by atoms with Gasteiger partial charge >= 0.3 is 18.0 Å². The maximum atomic E-state index is 11.5. The number of nitrogens with one attached hydrogen (secondary N) is 2. The summed E-state index contributed by atoms with van der Waals surface area (Å²) < 4.78 is 0. The van der Waals surface area contributed by atoms with Crippen LogP contribution in [0.25, 0.3) is 0 Å². The number of carboxylic acid groups (broad SMARTS) is 2. The van der Waals surface area contributed by atoms with Gasteiger partial charge in [0.05, 0.1) is 6.54 Å². The molecule has 110 valence electrons. The van der Waals surface area contributed by atoms with Crippen molar-refractivity contribution in [2.24, 2.45) is 0 Å². The van der Waals surface area contributed by atoms with Crippen LogP contribution in [0.5, 0.6) is 0 Å². The van der Waals surface area contributed by atoms with Crippen molar-refractivity contribution in [3.63, 3.8) is 0 Å². The summed E-state index contributed by atoms with van der Waals surface area (Å²) >= 11 is 1.42. The SMILES string of the molecule is Cc1cnc(CNC(=O)NC(CCC(=O)O)C(=O)O)s1. The number of carbonyl (C=O) groups excluding carboxylic acids is 1. The van der Waals surface area contributed by atoms with E-state index in [2.05, 4.69) is 15.6 Å². The second kappa shape index (κ2) is 7.43. The highest BCUT2D eigenvalue weighted by atomic mass is 32.1. The maximum Gasteiger partial charge on any atom is 0.326 e. The Balaban J connectivity index is 2.41. The quantitative estimate of drug-likeness (QED) is 0.582. The first kappa shape index (κ1) is 15.9. The van der Waals surface area contributed by atoms with E-state index >= 15 is 0 Å². The molecule has 20 heavy (non-hydrogen) atoms. The van der Waals surface area contributed by atoms with Gasteiger partial charge in [-0.3, -0.25) is 4.79 Å².